The Balaban J connectivity index is 1.18. The van der Waals surface area contributed by atoms with E-state index in [1.54, 1.807) is 0 Å². The number of alkyl halides is 3. The first-order valence-corrected chi connectivity index (χ1v) is 18.2. The average Bonchev–Trinajstić information content (AvgIpc) is 3.12. The van der Waals surface area contributed by atoms with Crippen molar-refractivity contribution < 1.29 is 24.5 Å². The Morgan fingerprint density at radius 2 is 1.54 bits per heavy atom. The molecule has 2 saturated heterocycles. The molecule has 4 aromatic carbocycles. The van der Waals surface area contributed by atoms with Crippen LogP contribution in [0.4, 0.5) is 0 Å². The molecule has 0 spiro atoms. The van der Waals surface area contributed by atoms with E-state index in [1.807, 2.05) is 97.1 Å². The molecule has 2 aliphatic rings. The summed E-state index contributed by atoms with van der Waals surface area (Å²) in [7, 11) is 0. The van der Waals surface area contributed by atoms with Crippen LogP contribution in [0.2, 0.25) is 5.02 Å². The van der Waals surface area contributed by atoms with Crippen LogP contribution in [0.3, 0.4) is 0 Å². The van der Waals surface area contributed by atoms with Crippen LogP contribution in [0.15, 0.2) is 97.1 Å². The van der Waals surface area contributed by atoms with Gasteiger partial charge < -0.3 is 29.9 Å². The monoisotopic (exact) mass is 756 g/mol. The van der Waals surface area contributed by atoms with Crippen molar-refractivity contribution in [2.75, 3.05) is 19.6 Å². The van der Waals surface area contributed by atoms with Crippen LogP contribution < -0.4 is 5.32 Å². The maximum absolute atomic E-state index is 12.0. The second kappa shape index (κ2) is 15.9. The number of aliphatic hydroxyl groups excluding tert-OH is 1. The molecular formula is C39H40Cl4N2O5. The summed E-state index contributed by atoms with van der Waals surface area (Å²) in [5.41, 5.74) is 5.60. The molecule has 50 heavy (non-hydrogen) atoms. The summed E-state index contributed by atoms with van der Waals surface area (Å²) in [6, 6.07) is 31.3. The second-order valence-electron chi connectivity index (χ2n) is 13.2. The van der Waals surface area contributed by atoms with E-state index in [1.165, 1.54) is 0 Å². The predicted octanol–water partition coefficient (Wildman–Crippen LogP) is 8.26. The molecule has 4 atom stereocenters. The van der Waals surface area contributed by atoms with Crippen molar-refractivity contribution in [2.45, 2.75) is 60.8 Å². The molecule has 7 nitrogen and oxygen atoms in total. The number of nitrogens with one attached hydrogen (secondary N) is 1. The Labute approximate surface area is 313 Å². The number of halogens is 4. The first-order chi connectivity index (χ1) is 23.9. The average molecular weight is 759 g/mol. The van der Waals surface area contributed by atoms with E-state index in [2.05, 4.69) is 17.1 Å². The van der Waals surface area contributed by atoms with Crippen molar-refractivity contribution in [1.29, 1.82) is 0 Å². The molecule has 0 aromatic heterocycles. The molecule has 3 N–H and O–H groups in total. The summed E-state index contributed by atoms with van der Waals surface area (Å²) < 4.78 is 11.4. The highest BCUT2D eigenvalue weighted by molar-refractivity contribution is 6.76. The molecule has 0 bridgehead atoms. The SMILES string of the molecule is C[C@H]1[C@@H](CN2CCC(O)(c3ccc(Cl)cc3)CC2)O[C@@H](c2ccc(-c3cccc(CNC(=O)C(Cl)(Cl)Cl)c3)cc2)O[C@H]1c1ccc(CO)cc1. The zero-order valence-corrected chi connectivity index (χ0v) is 30.6. The Hall–Kier alpha value is -2.69. The van der Waals surface area contributed by atoms with Gasteiger partial charge in [0.15, 0.2) is 6.29 Å². The molecule has 2 heterocycles. The first kappa shape index (κ1) is 37.1. The standard InChI is InChI=1S/C39H40Cl4N2O5/c1-25-34(23-45-19-17-38(48,18-20-45)32-13-15-33(40)16-14-32)49-36(50-35(25)29-7-5-26(24-46)6-8-29)30-11-9-28(10-12-30)31-4-2-3-27(21-31)22-44-37(47)39(41,42)43/h2-16,21,25,34-36,46,48H,17-20,22-24H2,1H3,(H,44,47)/t25-,34+,35+,36+/m0/s1. The number of amides is 1. The number of likely N-dealkylation sites (tertiary alicyclic amines) is 1. The zero-order valence-electron chi connectivity index (χ0n) is 27.6. The number of nitrogens with zero attached hydrogens (tertiary/aromatic N) is 1. The Morgan fingerprint density at radius 3 is 2.18 bits per heavy atom. The van der Waals surface area contributed by atoms with Gasteiger partial charge in [0.2, 0.25) is 0 Å². The highest BCUT2D eigenvalue weighted by Crippen LogP contribution is 2.43. The Kier molecular flexibility index (Phi) is 11.8. The van der Waals surface area contributed by atoms with E-state index < -0.39 is 21.6 Å². The zero-order chi connectivity index (χ0) is 35.5. The van der Waals surface area contributed by atoms with Crippen LogP contribution >= 0.6 is 46.4 Å². The molecule has 2 aliphatic heterocycles. The number of rotatable bonds is 9. The van der Waals surface area contributed by atoms with Gasteiger partial charge in [-0.1, -0.05) is 132 Å². The first-order valence-electron chi connectivity index (χ1n) is 16.7. The van der Waals surface area contributed by atoms with E-state index in [0.29, 0.717) is 24.4 Å². The van der Waals surface area contributed by atoms with Gasteiger partial charge in [-0.2, -0.15) is 0 Å². The Bertz CT molecular complexity index is 1740. The van der Waals surface area contributed by atoms with Gasteiger partial charge in [0.25, 0.3) is 9.70 Å². The minimum atomic E-state index is -2.02. The molecule has 264 valence electrons. The number of piperidine rings is 1. The van der Waals surface area contributed by atoms with Gasteiger partial charge in [-0.25, -0.2) is 0 Å². The van der Waals surface area contributed by atoms with Crippen molar-refractivity contribution in [1.82, 2.24) is 10.2 Å². The van der Waals surface area contributed by atoms with E-state index in [0.717, 1.165) is 52.0 Å². The van der Waals surface area contributed by atoms with Gasteiger partial charge in [-0.15, -0.1) is 0 Å². The molecular weight excluding hydrogens is 718 g/mol. The smallest absolute Gasteiger partial charge is 0.272 e. The minimum Gasteiger partial charge on any atom is -0.392 e. The lowest BCUT2D eigenvalue weighted by Crippen LogP contribution is -2.49. The molecule has 4 aromatic rings. The third-order valence-electron chi connectivity index (χ3n) is 9.78. The van der Waals surface area contributed by atoms with Crippen molar-refractivity contribution in [2.24, 2.45) is 5.92 Å². The third-order valence-corrected chi connectivity index (χ3v) is 10.5. The van der Waals surface area contributed by atoms with Gasteiger partial charge in [-0.05, 0) is 64.4 Å². The topological polar surface area (TPSA) is 91.3 Å². The number of ether oxygens (including phenoxy) is 2. The number of carbonyl (C=O) groups is 1. The molecule has 11 heteroatoms. The molecule has 0 saturated carbocycles. The summed E-state index contributed by atoms with van der Waals surface area (Å²) in [5.74, 6) is -0.646. The van der Waals surface area contributed by atoms with Crippen molar-refractivity contribution in [3.63, 3.8) is 0 Å². The summed E-state index contributed by atoms with van der Waals surface area (Å²) in [6.07, 6.45) is 0.249. The van der Waals surface area contributed by atoms with Crippen LogP contribution in [0.25, 0.3) is 11.1 Å². The number of carbonyl (C=O) groups excluding carboxylic acids is 1. The van der Waals surface area contributed by atoms with Crippen LogP contribution in [0.1, 0.15) is 60.0 Å². The molecule has 1 amide bonds. The summed E-state index contributed by atoms with van der Waals surface area (Å²) in [5, 5.41) is 24.4. The molecule has 0 unspecified atom stereocenters. The molecule has 0 radical (unpaired) electrons. The lowest BCUT2D eigenvalue weighted by molar-refractivity contribution is -0.277. The van der Waals surface area contributed by atoms with E-state index >= 15 is 0 Å². The van der Waals surface area contributed by atoms with Gasteiger partial charge in [0.05, 0.1) is 24.4 Å². The third kappa shape index (κ3) is 8.84. The normalized spacial score (nSPS) is 22.6. The Morgan fingerprint density at radius 1 is 0.880 bits per heavy atom. The summed E-state index contributed by atoms with van der Waals surface area (Å²) in [4.78, 5) is 14.4. The minimum absolute atomic E-state index is 0.0219. The van der Waals surface area contributed by atoms with Gasteiger partial charge in [-0.3, -0.25) is 4.79 Å². The van der Waals surface area contributed by atoms with Crippen molar-refractivity contribution in [3.8, 4) is 11.1 Å². The fourth-order valence-electron chi connectivity index (χ4n) is 6.71. The summed E-state index contributed by atoms with van der Waals surface area (Å²) >= 11 is 23.2. The maximum atomic E-state index is 12.0. The van der Waals surface area contributed by atoms with E-state index in [9.17, 15) is 15.0 Å². The molecule has 6 rings (SSSR count). The second-order valence-corrected chi connectivity index (χ2v) is 15.9. The van der Waals surface area contributed by atoms with Gasteiger partial charge >= 0.3 is 0 Å². The van der Waals surface area contributed by atoms with Gasteiger partial charge in [0, 0.05) is 42.7 Å². The lowest BCUT2D eigenvalue weighted by atomic mass is 9.84. The number of hydrogen-bond acceptors (Lipinski definition) is 6. The van der Waals surface area contributed by atoms with Crippen LogP contribution in [-0.4, -0.2) is 50.6 Å². The van der Waals surface area contributed by atoms with Crippen LogP contribution in [-0.2, 0) is 33.0 Å². The number of benzene rings is 4. The van der Waals surface area contributed by atoms with E-state index in [4.69, 9.17) is 55.9 Å². The number of hydrogen-bond donors (Lipinski definition) is 3. The van der Waals surface area contributed by atoms with Crippen molar-refractivity contribution in [3.05, 3.63) is 130 Å². The largest absolute Gasteiger partial charge is 0.392 e. The molecule has 0 aliphatic carbocycles. The van der Waals surface area contributed by atoms with E-state index in [-0.39, 0.29) is 31.3 Å². The highest BCUT2D eigenvalue weighted by atomic mass is 35.6. The van der Waals surface area contributed by atoms with Crippen molar-refractivity contribution >= 4 is 52.3 Å². The summed E-state index contributed by atoms with van der Waals surface area (Å²) in [6.45, 7) is 4.52. The maximum Gasteiger partial charge on any atom is 0.272 e. The fraction of sp³-hybridized carbons (Fsp3) is 0.359. The predicted molar refractivity (Wildman–Crippen MR) is 198 cm³/mol. The van der Waals surface area contributed by atoms with Gasteiger partial charge in [0.1, 0.15) is 0 Å². The quantitative estimate of drug-likeness (QED) is 0.149. The fourth-order valence-corrected chi connectivity index (χ4v) is 7.04. The number of aliphatic hydroxyl groups is 2. The lowest BCUT2D eigenvalue weighted by Gasteiger charge is -2.45. The van der Waals surface area contributed by atoms with Crippen LogP contribution in [0, 0.1) is 5.92 Å². The highest BCUT2D eigenvalue weighted by Gasteiger charge is 2.41. The molecule has 2 fully saturated rings. The van der Waals surface area contributed by atoms with Crippen LogP contribution in [0.5, 0.6) is 0 Å².